The molecular formula is C21H22N6O3. The molecule has 0 atom stereocenters. The lowest BCUT2D eigenvalue weighted by molar-refractivity contribution is 0.142. The van der Waals surface area contributed by atoms with E-state index >= 15 is 0 Å². The van der Waals surface area contributed by atoms with Gasteiger partial charge in [0.05, 0.1) is 7.11 Å². The normalized spacial score (nSPS) is 13.8. The Morgan fingerprint density at radius 1 is 1.00 bits per heavy atom. The Morgan fingerprint density at radius 2 is 1.73 bits per heavy atom. The summed E-state index contributed by atoms with van der Waals surface area (Å²) in [6.07, 6.45) is 2.53. The average molecular weight is 406 g/mol. The Kier molecular flexibility index (Phi) is 5.60. The highest BCUT2D eigenvalue weighted by atomic mass is 16.5. The van der Waals surface area contributed by atoms with Crippen molar-refractivity contribution in [3.05, 3.63) is 54.9 Å². The number of carboxylic acid groups (broad SMARTS) is 1. The number of anilines is 3. The van der Waals surface area contributed by atoms with Crippen LogP contribution in [0.1, 0.15) is 0 Å². The Labute approximate surface area is 174 Å². The SMILES string of the molecule is COc1cc(-c2ccc(Nc3ccnc(N4CCN(C(=O)O)CC4)n3)cc2)ccn1. The number of benzene rings is 1. The van der Waals surface area contributed by atoms with Crippen molar-refractivity contribution in [2.75, 3.05) is 43.5 Å². The van der Waals surface area contributed by atoms with Crippen molar-refractivity contribution < 1.29 is 14.6 Å². The van der Waals surface area contributed by atoms with Crippen LogP contribution in [0.5, 0.6) is 5.88 Å². The number of nitrogens with zero attached hydrogens (tertiary/aromatic N) is 5. The molecule has 9 nitrogen and oxygen atoms in total. The predicted octanol–water partition coefficient (Wildman–Crippen LogP) is 3.09. The van der Waals surface area contributed by atoms with Gasteiger partial charge in [-0.15, -0.1) is 0 Å². The summed E-state index contributed by atoms with van der Waals surface area (Å²) in [5.74, 6) is 1.84. The minimum Gasteiger partial charge on any atom is -0.481 e. The van der Waals surface area contributed by atoms with Crippen molar-refractivity contribution in [3.8, 4) is 17.0 Å². The van der Waals surface area contributed by atoms with Crippen LogP contribution in [0.4, 0.5) is 22.2 Å². The zero-order chi connectivity index (χ0) is 20.9. The molecule has 0 unspecified atom stereocenters. The van der Waals surface area contributed by atoms with Gasteiger partial charge in [-0.3, -0.25) is 0 Å². The molecule has 0 bridgehead atoms. The van der Waals surface area contributed by atoms with Crippen LogP contribution >= 0.6 is 0 Å². The minimum absolute atomic E-state index is 0.442. The summed E-state index contributed by atoms with van der Waals surface area (Å²) in [5.41, 5.74) is 2.99. The second-order valence-electron chi connectivity index (χ2n) is 6.79. The predicted molar refractivity (Wildman–Crippen MR) is 113 cm³/mol. The third kappa shape index (κ3) is 4.40. The number of methoxy groups -OCH3 is 1. The van der Waals surface area contributed by atoms with Crippen LogP contribution in [-0.2, 0) is 0 Å². The first-order valence-electron chi connectivity index (χ1n) is 9.56. The molecule has 0 saturated carbocycles. The zero-order valence-electron chi connectivity index (χ0n) is 16.5. The monoisotopic (exact) mass is 406 g/mol. The molecule has 3 aromatic rings. The Hall–Kier alpha value is -3.88. The molecule has 30 heavy (non-hydrogen) atoms. The van der Waals surface area contributed by atoms with Gasteiger partial charge >= 0.3 is 6.09 Å². The van der Waals surface area contributed by atoms with E-state index in [0.29, 0.717) is 43.8 Å². The number of pyridine rings is 1. The van der Waals surface area contributed by atoms with E-state index in [9.17, 15) is 4.79 Å². The number of nitrogens with one attached hydrogen (secondary N) is 1. The van der Waals surface area contributed by atoms with Gasteiger partial charge in [0.1, 0.15) is 5.82 Å². The molecule has 1 fully saturated rings. The number of aromatic nitrogens is 3. The maximum Gasteiger partial charge on any atom is 0.407 e. The van der Waals surface area contributed by atoms with Crippen molar-refractivity contribution in [1.82, 2.24) is 19.9 Å². The van der Waals surface area contributed by atoms with E-state index in [2.05, 4.69) is 20.3 Å². The van der Waals surface area contributed by atoms with E-state index in [0.717, 1.165) is 16.8 Å². The van der Waals surface area contributed by atoms with E-state index < -0.39 is 6.09 Å². The molecule has 2 aromatic heterocycles. The van der Waals surface area contributed by atoms with Crippen LogP contribution in [0.15, 0.2) is 54.9 Å². The number of hydrogen-bond donors (Lipinski definition) is 2. The molecule has 3 heterocycles. The van der Waals surface area contributed by atoms with Gasteiger partial charge in [-0.1, -0.05) is 12.1 Å². The zero-order valence-corrected chi connectivity index (χ0v) is 16.5. The third-order valence-electron chi connectivity index (χ3n) is 4.91. The molecule has 9 heteroatoms. The molecule has 1 aliphatic heterocycles. The molecule has 0 spiro atoms. The molecule has 1 aromatic carbocycles. The van der Waals surface area contributed by atoms with Crippen molar-refractivity contribution in [1.29, 1.82) is 0 Å². The summed E-state index contributed by atoms with van der Waals surface area (Å²) in [4.78, 5) is 27.5. The lowest BCUT2D eigenvalue weighted by atomic mass is 10.1. The average Bonchev–Trinajstić information content (AvgIpc) is 2.80. The molecule has 0 radical (unpaired) electrons. The van der Waals surface area contributed by atoms with E-state index in [1.54, 1.807) is 25.6 Å². The molecule has 2 N–H and O–H groups in total. The first-order chi connectivity index (χ1) is 14.6. The van der Waals surface area contributed by atoms with Gasteiger partial charge in [0.25, 0.3) is 0 Å². The maximum absolute atomic E-state index is 11.1. The van der Waals surface area contributed by atoms with Crippen molar-refractivity contribution in [3.63, 3.8) is 0 Å². The van der Waals surface area contributed by atoms with Gasteiger partial charge < -0.3 is 25.0 Å². The maximum atomic E-state index is 11.1. The van der Waals surface area contributed by atoms with Gasteiger partial charge in [-0.05, 0) is 35.4 Å². The van der Waals surface area contributed by atoms with Crippen molar-refractivity contribution in [2.45, 2.75) is 0 Å². The van der Waals surface area contributed by atoms with Crippen molar-refractivity contribution >= 4 is 23.5 Å². The van der Waals surface area contributed by atoms with Gasteiger partial charge in [-0.2, -0.15) is 4.98 Å². The summed E-state index contributed by atoms with van der Waals surface area (Å²) < 4.78 is 5.18. The van der Waals surface area contributed by atoms with Crippen molar-refractivity contribution in [2.24, 2.45) is 0 Å². The molecule has 1 amide bonds. The van der Waals surface area contributed by atoms with E-state index in [1.165, 1.54) is 4.90 Å². The topological polar surface area (TPSA) is 104 Å². The largest absolute Gasteiger partial charge is 0.481 e. The van der Waals surface area contributed by atoms with Gasteiger partial charge in [0.2, 0.25) is 11.8 Å². The first-order valence-corrected chi connectivity index (χ1v) is 9.56. The van der Waals surface area contributed by atoms with Crippen LogP contribution in [0.2, 0.25) is 0 Å². The highest BCUT2D eigenvalue weighted by Crippen LogP contribution is 2.25. The molecule has 0 aliphatic carbocycles. The lowest BCUT2D eigenvalue weighted by Crippen LogP contribution is -2.48. The van der Waals surface area contributed by atoms with Crippen LogP contribution in [-0.4, -0.2) is 64.3 Å². The summed E-state index contributed by atoms with van der Waals surface area (Å²) >= 11 is 0. The molecule has 1 saturated heterocycles. The fourth-order valence-electron chi connectivity index (χ4n) is 3.26. The Balaban J connectivity index is 1.43. The van der Waals surface area contributed by atoms with Gasteiger partial charge in [-0.25, -0.2) is 14.8 Å². The Morgan fingerprint density at radius 3 is 2.43 bits per heavy atom. The van der Waals surface area contributed by atoms with Crippen LogP contribution in [0.25, 0.3) is 11.1 Å². The Bertz CT molecular complexity index is 1020. The van der Waals surface area contributed by atoms with Crippen LogP contribution in [0.3, 0.4) is 0 Å². The fraction of sp³-hybridized carbons (Fsp3) is 0.238. The molecule has 4 rings (SSSR count). The van der Waals surface area contributed by atoms with E-state index in [1.807, 2.05) is 41.3 Å². The number of piperazine rings is 1. The molecular weight excluding hydrogens is 384 g/mol. The number of rotatable bonds is 5. The summed E-state index contributed by atoms with van der Waals surface area (Å²) in [6, 6.07) is 13.6. The van der Waals surface area contributed by atoms with E-state index in [4.69, 9.17) is 9.84 Å². The van der Waals surface area contributed by atoms with Crippen LogP contribution in [0, 0.1) is 0 Å². The number of amides is 1. The second-order valence-corrected chi connectivity index (χ2v) is 6.79. The quantitative estimate of drug-likeness (QED) is 0.666. The summed E-state index contributed by atoms with van der Waals surface area (Å²) in [6.45, 7) is 2.02. The summed E-state index contributed by atoms with van der Waals surface area (Å²) in [5, 5.41) is 12.4. The van der Waals surface area contributed by atoms with E-state index in [-0.39, 0.29) is 0 Å². The van der Waals surface area contributed by atoms with Crippen LogP contribution < -0.4 is 15.0 Å². The minimum atomic E-state index is -0.889. The standard InChI is InChI=1S/C21H22N6O3/c1-30-19-14-16(6-8-22-19)15-2-4-17(5-3-15)24-18-7-9-23-20(25-18)26-10-12-27(13-11-26)21(28)29/h2-9,14H,10-13H2,1H3,(H,28,29)(H,23,24,25). The summed E-state index contributed by atoms with van der Waals surface area (Å²) in [7, 11) is 1.60. The highest BCUT2D eigenvalue weighted by Gasteiger charge is 2.22. The number of hydrogen-bond acceptors (Lipinski definition) is 7. The third-order valence-corrected chi connectivity index (χ3v) is 4.91. The lowest BCUT2D eigenvalue weighted by Gasteiger charge is -2.33. The fourth-order valence-corrected chi connectivity index (χ4v) is 3.26. The number of ether oxygens (including phenoxy) is 1. The smallest absolute Gasteiger partial charge is 0.407 e. The highest BCUT2D eigenvalue weighted by molar-refractivity contribution is 5.68. The molecule has 1 aliphatic rings. The van der Waals surface area contributed by atoms with Gasteiger partial charge in [0, 0.05) is 50.3 Å². The van der Waals surface area contributed by atoms with Gasteiger partial charge in [0.15, 0.2) is 0 Å². The second kappa shape index (κ2) is 8.64. The molecule has 154 valence electrons. The number of carbonyl (C=O) groups is 1. The first kappa shape index (κ1) is 19.4.